The van der Waals surface area contributed by atoms with E-state index in [9.17, 15) is 39.6 Å². The van der Waals surface area contributed by atoms with Crippen LogP contribution in [0, 0.1) is 22.7 Å². The van der Waals surface area contributed by atoms with E-state index in [2.05, 4.69) is 20.8 Å². The molecule has 4 N–H and O–H groups in total. The molecule has 1 saturated heterocycles. The van der Waals surface area contributed by atoms with Crippen LogP contribution < -0.4 is 0 Å². The third kappa shape index (κ3) is 15.1. The first kappa shape index (κ1) is 52.8. The summed E-state index contributed by atoms with van der Waals surface area (Å²) in [5, 5.41) is 43.2. The Bertz CT molecular complexity index is 1540. The van der Waals surface area contributed by atoms with Crippen molar-refractivity contribution in [1.82, 2.24) is 0 Å². The molecule has 13 nitrogen and oxygen atoms in total. The molecule has 0 unspecified atom stereocenters. The normalized spacial score (nSPS) is 35.7. The number of hydrogen-bond acceptors (Lipinski definition) is 13. The molecule has 4 aliphatic rings. The van der Waals surface area contributed by atoms with Crippen LogP contribution in [0.1, 0.15) is 189 Å². The van der Waals surface area contributed by atoms with Crippen molar-refractivity contribution < 1.29 is 63.3 Å². The molecular formula is C50H82O13. The highest BCUT2D eigenvalue weighted by Crippen LogP contribution is 2.63. The lowest BCUT2D eigenvalue weighted by atomic mass is 9.46. The highest BCUT2D eigenvalue weighted by molar-refractivity contribution is 5.90. The largest absolute Gasteiger partial charge is 0.463 e. The molecule has 0 aromatic rings. The zero-order chi connectivity index (χ0) is 46.2. The highest BCUT2D eigenvalue weighted by Gasteiger charge is 2.60. The van der Waals surface area contributed by atoms with Crippen molar-refractivity contribution in [2.24, 2.45) is 22.7 Å². The van der Waals surface area contributed by atoms with Gasteiger partial charge in [0.05, 0.1) is 18.4 Å². The molecule has 6 bridgehead atoms. The minimum atomic E-state index is -1.83. The van der Waals surface area contributed by atoms with Crippen LogP contribution in [0.3, 0.4) is 0 Å². The Morgan fingerprint density at radius 3 is 1.95 bits per heavy atom. The van der Waals surface area contributed by atoms with E-state index >= 15 is 0 Å². The molecule has 2 fully saturated rings. The average molecular weight is 891 g/mol. The Hall–Kier alpha value is -2.84. The number of hydrogen-bond donors (Lipinski definition) is 4. The Morgan fingerprint density at radius 1 is 0.778 bits per heavy atom. The van der Waals surface area contributed by atoms with Gasteiger partial charge in [-0.05, 0) is 63.9 Å². The van der Waals surface area contributed by atoms with E-state index in [1.165, 1.54) is 77.6 Å². The lowest BCUT2D eigenvalue weighted by Crippen LogP contribution is -2.60. The number of rotatable bonds is 17. The second-order valence-electron chi connectivity index (χ2n) is 20.0. The van der Waals surface area contributed by atoms with Gasteiger partial charge in [-0.3, -0.25) is 14.4 Å². The van der Waals surface area contributed by atoms with E-state index in [1.807, 2.05) is 19.9 Å². The standard InChI is InChI=1S/C50H82O13/c1-7-8-9-10-11-12-13-14-15-16-17-18-19-20-21-25-40(51)62-39-30-34(2)27-29-59-41(52)31-48(4,58)32-42(53)60-33-37-43(54)44(55)45(56)47(61-37)63-46(57)36-23-22-24-38-49(36,5)28-26-35(3)50(38,39)6/h23,27,35,37-39,43-45,47,54-56,58H,7-22,24-26,28-33H2,1-6H3/b34-27-/t35-,37+,38+,39-,43+,44-,45+,47-,48-,49+,50+/m1/s1. The Morgan fingerprint density at radius 2 is 1.35 bits per heavy atom. The first-order chi connectivity index (χ1) is 29.9. The molecule has 2 aliphatic carbocycles. The number of carbonyl (C=O) groups is 4. The van der Waals surface area contributed by atoms with Crippen molar-refractivity contribution in [3.8, 4) is 0 Å². The maximum atomic E-state index is 14.2. The molecule has 0 amide bonds. The number of carbonyl (C=O) groups excluding carboxylic acids is 4. The van der Waals surface area contributed by atoms with Gasteiger partial charge in [-0.1, -0.05) is 129 Å². The number of allylic oxidation sites excluding steroid dienone is 1. The predicted octanol–water partition coefficient (Wildman–Crippen LogP) is 8.26. The monoisotopic (exact) mass is 891 g/mol. The molecule has 360 valence electrons. The summed E-state index contributed by atoms with van der Waals surface area (Å²) < 4.78 is 28.8. The van der Waals surface area contributed by atoms with Gasteiger partial charge in [-0.25, -0.2) is 4.79 Å². The Kier molecular flexibility index (Phi) is 21.1. The van der Waals surface area contributed by atoms with E-state index < -0.39 is 90.6 Å². The van der Waals surface area contributed by atoms with Crippen LogP contribution in [0.25, 0.3) is 0 Å². The van der Waals surface area contributed by atoms with Crippen molar-refractivity contribution in [3.63, 3.8) is 0 Å². The summed E-state index contributed by atoms with van der Waals surface area (Å²) in [4.78, 5) is 53.6. The highest BCUT2D eigenvalue weighted by atomic mass is 16.7. The van der Waals surface area contributed by atoms with Crippen LogP contribution in [-0.2, 0) is 42.9 Å². The van der Waals surface area contributed by atoms with Crippen LogP contribution in [0.2, 0.25) is 0 Å². The van der Waals surface area contributed by atoms with Crippen molar-refractivity contribution >= 4 is 23.9 Å². The minimum Gasteiger partial charge on any atom is -0.463 e. The number of ether oxygens (including phenoxy) is 5. The smallest absolute Gasteiger partial charge is 0.336 e. The molecule has 0 spiro atoms. The third-order valence-electron chi connectivity index (χ3n) is 14.8. The van der Waals surface area contributed by atoms with Crippen LogP contribution in [-0.4, -0.2) is 99.9 Å². The van der Waals surface area contributed by atoms with E-state index in [0.29, 0.717) is 31.3 Å². The summed E-state index contributed by atoms with van der Waals surface area (Å²) in [6.45, 7) is 11.1. The summed E-state index contributed by atoms with van der Waals surface area (Å²) in [5.74, 6) is -2.69. The average Bonchev–Trinajstić information content (AvgIpc) is 3.22. The molecule has 0 radical (unpaired) electrons. The molecular weight excluding hydrogens is 809 g/mol. The first-order valence-corrected chi connectivity index (χ1v) is 24.4. The van der Waals surface area contributed by atoms with Crippen LogP contribution in [0.5, 0.6) is 0 Å². The number of esters is 4. The van der Waals surface area contributed by atoms with Gasteiger partial charge in [0.15, 0.2) is 0 Å². The molecule has 2 aliphatic heterocycles. The summed E-state index contributed by atoms with van der Waals surface area (Å²) >= 11 is 0. The zero-order valence-corrected chi connectivity index (χ0v) is 39.4. The molecule has 4 rings (SSSR count). The quantitative estimate of drug-likeness (QED) is 0.0472. The van der Waals surface area contributed by atoms with E-state index in [4.69, 9.17) is 23.7 Å². The van der Waals surface area contributed by atoms with Gasteiger partial charge in [-0.2, -0.15) is 0 Å². The van der Waals surface area contributed by atoms with Gasteiger partial charge in [0.2, 0.25) is 6.29 Å². The lowest BCUT2D eigenvalue weighted by Gasteiger charge is -2.59. The number of unbranched alkanes of at least 4 members (excludes halogenated alkanes) is 14. The summed E-state index contributed by atoms with van der Waals surface area (Å²) in [7, 11) is 0. The molecule has 11 atom stereocenters. The molecule has 0 aromatic heterocycles. The number of aliphatic hydroxyl groups is 4. The fourth-order valence-electron chi connectivity index (χ4n) is 10.7. The van der Waals surface area contributed by atoms with E-state index in [-0.39, 0.29) is 24.4 Å². The first-order valence-electron chi connectivity index (χ1n) is 24.4. The van der Waals surface area contributed by atoms with Gasteiger partial charge >= 0.3 is 23.9 Å². The van der Waals surface area contributed by atoms with Crippen LogP contribution >= 0.6 is 0 Å². The van der Waals surface area contributed by atoms with Crippen molar-refractivity contribution in [1.29, 1.82) is 0 Å². The zero-order valence-electron chi connectivity index (χ0n) is 39.4. The molecule has 63 heavy (non-hydrogen) atoms. The lowest BCUT2D eigenvalue weighted by molar-refractivity contribution is -0.292. The van der Waals surface area contributed by atoms with Crippen molar-refractivity contribution in [2.45, 2.75) is 232 Å². The van der Waals surface area contributed by atoms with Crippen molar-refractivity contribution in [2.75, 3.05) is 13.2 Å². The molecule has 0 aromatic carbocycles. The maximum absolute atomic E-state index is 14.2. The minimum absolute atomic E-state index is 0.0939. The fraction of sp³-hybridized carbons (Fsp3) is 0.840. The summed E-state index contributed by atoms with van der Waals surface area (Å²) in [5.41, 5.74) is -1.91. The number of fused-ring (bicyclic) bond motifs is 2. The van der Waals surface area contributed by atoms with Crippen LogP contribution in [0.4, 0.5) is 0 Å². The van der Waals surface area contributed by atoms with Gasteiger partial charge in [-0.15, -0.1) is 0 Å². The van der Waals surface area contributed by atoms with Gasteiger partial charge in [0, 0.05) is 29.2 Å². The Balaban J connectivity index is 1.48. The van der Waals surface area contributed by atoms with Gasteiger partial charge < -0.3 is 44.1 Å². The summed E-state index contributed by atoms with van der Waals surface area (Å²) in [6.07, 6.45) is 15.3. The molecule has 13 heteroatoms. The third-order valence-corrected chi connectivity index (χ3v) is 14.8. The topological polar surface area (TPSA) is 195 Å². The van der Waals surface area contributed by atoms with Crippen LogP contribution in [0.15, 0.2) is 23.3 Å². The fourth-order valence-corrected chi connectivity index (χ4v) is 10.7. The molecule has 2 heterocycles. The van der Waals surface area contributed by atoms with E-state index in [1.54, 1.807) is 6.08 Å². The maximum Gasteiger partial charge on any atom is 0.336 e. The summed E-state index contributed by atoms with van der Waals surface area (Å²) in [6, 6.07) is 0. The van der Waals surface area contributed by atoms with Crippen molar-refractivity contribution in [3.05, 3.63) is 23.3 Å². The second kappa shape index (κ2) is 25.2. The predicted molar refractivity (Wildman–Crippen MR) is 238 cm³/mol. The van der Waals surface area contributed by atoms with Gasteiger partial charge in [0.1, 0.15) is 43.7 Å². The van der Waals surface area contributed by atoms with Gasteiger partial charge in [0.25, 0.3) is 0 Å². The number of aliphatic hydroxyl groups excluding tert-OH is 3. The SMILES string of the molecule is CCCCCCCCCCCCCCCCCC(=O)O[C@@H]1C/C(C)=C\COC(=O)C[C@@](C)(O)CC(=O)OC[C@@H]2O[C@H](OC(=O)C3=CCC[C@@H]4[C@]1(C)[C@H](C)CC[C@@]34C)[C@@H](O)[C@H](O)[C@H]2O. The second-order valence-corrected chi connectivity index (χ2v) is 20.0. The Labute approximate surface area is 377 Å². The molecule has 1 saturated carbocycles. The number of cyclic esters (lactones) is 2. The van der Waals surface area contributed by atoms with E-state index in [0.717, 1.165) is 44.1 Å².